The predicted octanol–water partition coefficient (Wildman–Crippen LogP) is 4.16. The fourth-order valence-corrected chi connectivity index (χ4v) is 3.23. The number of nitrogens with zero attached hydrogens (tertiary/aromatic N) is 1. The van der Waals surface area contributed by atoms with Gasteiger partial charge in [-0.1, -0.05) is 19.9 Å². The number of pyridine rings is 1. The number of nitrogen functional groups attached to an aromatic ring is 1. The average Bonchev–Trinajstić information content (AvgIpc) is 2.50. The van der Waals surface area contributed by atoms with E-state index < -0.39 is 0 Å². The van der Waals surface area contributed by atoms with E-state index in [1.54, 1.807) is 0 Å². The standard InChI is InChI=1S/C18H24N2O/c1-12-5-7-15(10-13(12)2)21-11-14-6-8-17(19)16-4-3-9-20-18(14)16/h3-4,6,8-9,12-13,15H,5,7,10-11,19H2,1-2H3. The first-order chi connectivity index (χ1) is 10.1. The Balaban J connectivity index is 1.73. The van der Waals surface area contributed by atoms with Crippen LogP contribution in [0.2, 0.25) is 0 Å². The van der Waals surface area contributed by atoms with Crippen LogP contribution in [0.3, 0.4) is 0 Å². The normalized spacial score (nSPS) is 26.1. The van der Waals surface area contributed by atoms with Gasteiger partial charge in [-0.2, -0.15) is 0 Å². The molecule has 1 aliphatic rings. The second-order valence-electron chi connectivity index (χ2n) is 6.41. The highest BCUT2D eigenvalue weighted by Gasteiger charge is 2.25. The van der Waals surface area contributed by atoms with Crippen LogP contribution in [-0.2, 0) is 11.3 Å². The molecule has 1 fully saturated rings. The number of benzene rings is 1. The van der Waals surface area contributed by atoms with E-state index in [0.29, 0.717) is 12.7 Å². The van der Waals surface area contributed by atoms with Crippen LogP contribution in [0.1, 0.15) is 38.7 Å². The van der Waals surface area contributed by atoms with Gasteiger partial charge in [0.15, 0.2) is 0 Å². The Kier molecular flexibility index (Phi) is 4.11. The first-order valence-electron chi connectivity index (χ1n) is 7.89. The number of hydrogen-bond donors (Lipinski definition) is 1. The molecule has 21 heavy (non-hydrogen) atoms. The second-order valence-corrected chi connectivity index (χ2v) is 6.41. The Morgan fingerprint density at radius 3 is 2.86 bits per heavy atom. The van der Waals surface area contributed by atoms with Crippen LogP contribution in [0, 0.1) is 11.8 Å². The maximum absolute atomic E-state index is 6.15. The molecule has 0 aliphatic heterocycles. The third-order valence-corrected chi connectivity index (χ3v) is 4.91. The second kappa shape index (κ2) is 6.02. The molecule has 1 aromatic heterocycles. The molecular formula is C18H24N2O. The van der Waals surface area contributed by atoms with Crippen molar-refractivity contribution in [3.63, 3.8) is 0 Å². The highest BCUT2D eigenvalue weighted by atomic mass is 16.5. The Hall–Kier alpha value is -1.61. The summed E-state index contributed by atoms with van der Waals surface area (Å²) in [6.45, 7) is 5.30. The van der Waals surface area contributed by atoms with E-state index in [-0.39, 0.29) is 0 Å². The fraction of sp³-hybridized carbons (Fsp3) is 0.500. The van der Waals surface area contributed by atoms with E-state index in [2.05, 4.69) is 18.8 Å². The van der Waals surface area contributed by atoms with E-state index in [1.807, 2.05) is 30.5 Å². The molecule has 2 aromatic rings. The van der Waals surface area contributed by atoms with Crippen molar-refractivity contribution in [1.29, 1.82) is 0 Å². The van der Waals surface area contributed by atoms with Crippen LogP contribution in [0.25, 0.3) is 10.9 Å². The van der Waals surface area contributed by atoms with E-state index in [1.165, 1.54) is 19.3 Å². The van der Waals surface area contributed by atoms with E-state index >= 15 is 0 Å². The van der Waals surface area contributed by atoms with Crippen LogP contribution in [0.15, 0.2) is 30.5 Å². The molecule has 1 saturated carbocycles. The van der Waals surface area contributed by atoms with Gasteiger partial charge in [-0.15, -0.1) is 0 Å². The third-order valence-electron chi connectivity index (χ3n) is 4.91. The Labute approximate surface area is 126 Å². The van der Waals surface area contributed by atoms with Crippen LogP contribution < -0.4 is 5.73 Å². The monoisotopic (exact) mass is 284 g/mol. The predicted molar refractivity (Wildman–Crippen MR) is 86.9 cm³/mol. The molecule has 3 nitrogen and oxygen atoms in total. The minimum atomic E-state index is 0.382. The lowest BCUT2D eigenvalue weighted by molar-refractivity contribution is -0.00705. The molecule has 3 heteroatoms. The van der Waals surface area contributed by atoms with Crippen LogP contribution >= 0.6 is 0 Å². The smallest absolute Gasteiger partial charge is 0.0777 e. The zero-order valence-electron chi connectivity index (χ0n) is 12.9. The molecule has 0 amide bonds. The lowest BCUT2D eigenvalue weighted by Gasteiger charge is -2.32. The number of anilines is 1. The van der Waals surface area contributed by atoms with Gasteiger partial charge in [0, 0.05) is 22.8 Å². The van der Waals surface area contributed by atoms with E-state index in [0.717, 1.165) is 34.0 Å². The van der Waals surface area contributed by atoms with E-state index in [9.17, 15) is 0 Å². The van der Waals surface area contributed by atoms with Crippen molar-refractivity contribution in [3.8, 4) is 0 Å². The molecule has 3 unspecified atom stereocenters. The average molecular weight is 284 g/mol. The van der Waals surface area contributed by atoms with Crippen molar-refractivity contribution >= 4 is 16.6 Å². The SMILES string of the molecule is CC1CCC(OCc2ccc(N)c3cccnc23)CC1C. The zero-order chi connectivity index (χ0) is 14.8. The van der Waals surface area contributed by atoms with Gasteiger partial charge in [0.1, 0.15) is 0 Å². The highest BCUT2D eigenvalue weighted by Crippen LogP contribution is 2.32. The van der Waals surface area contributed by atoms with Crippen molar-refractivity contribution in [2.75, 3.05) is 5.73 Å². The molecule has 1 aliphatic carbocycles. The summed E-state index contributed by atoms with van der Waals surface area (Å²) in [5.41, 5.74) is 8.89. The van der Waals surface area contributed by atoms with Gasteiger partial charge in [0.05, 0.1) is 18.2 Å². The summed E-state index contributed by atoms with van der Waals surface area (Å²) >= 11 is 0. The van der Waals surface area contributed by atoms with Crippen LogP contribution in [0.5, 0.6) is 0 Å². The molecule has 0 bridgehead atoms. The van der Waals surface area contributed by atoms with Gasteiger partial charge in [-0.25, -0.2) is 0 Å². The number of hydrogen-bond acceptors (Lipinski definition) is 3. The summed E-state index contributed by atoms with van der Waals surface area (Å²) in [5, 5.41) is 1.02. The van der Waals surface area contributed by atoms with Crippen LogP contribution in [0.4, 0.5) is 5.69 Å². The number of fused-ring (bicyclic) bond motifs is 1. The largest absolute Gasteiger partial charge is 0.398 e. The molecule has 3 atom stereocenters. The lowest BCUT2D eigenvalue weighted by Crippen LogP contribution is -2.26. The van der Waals surface area contributed by atoms with Crippen molar-refractivity contribution in [1.82, 2.24) is 4.98 Å². The maximum Gasteiger partial charge on any atom is 0.0777 e. The highest BCUT2D eigenvalue weighted by molar-refractivity contribution is 5.92. The molecule has 1 aromatic carbocycles. The number of ether oxygens (including phenoxy) is 1. The van der Waals surface area contributed by atoms with Gasteiger partial charge in [0.2, 0.25) is 0 Å². The quantitative estimate of drug-likeness (QED) is 0.861. The number of rotatable bonds is 3. The molecule has 2 N–H and O–H groups in total. The third kappa shape index (κ3) is 3.03. The van der Waals surface area contributed by atoms with Crippen molar-refractivity contribution in [2.45, 2.75) is 45.8 Å². The minimum Gasteiger partial charge on any atom is -0.398 e. The van der Waals surface area contributed by atoms with Gasteiger partial charge in [0.25, 0.3) is 0 Å². The fourth-order valence-electron chi connectivity index (χ4n) is 3.23. The van der Waals surface area contributed by atoms with Crippen molar-refractivity contribution in [3.05, 3.63) is 36.0 Å². The van der Waals surface area contributed by atoms with Crippen molar-refractivity contribution in [2.24, 2.45) is 11.8 Å². The Bertz CT molecular complexity index is 626. The van der Waals surface area contributed by atoms with Crippen LogP contribution in [-0.4, -0.2) is 11.1 Å². The van der Waals surface area contributed by atoms with E-state index in [4.69, 9.17) is 10.5 Å². The summed E-state index contributed by atoms with van der Waals surface area (Å²) < 4.78 is 6.15. The number of aromatic nitrogens is 1. The minimum absolute atomic E-state index is 0.382. The molecule has 0 saturated heterocycles. The summed E-state index contributed by atoms with van der Waals surface area (Å²) in [5.74, 6) is 1.58. The topological polar surface area (TPSA) is 48.1 Å². The van der Waals surface area contributed by atoms with Gasteiger partial charge < -0.3 is 10.5 Å². The summed E-state index contributed by atoms with van der Waals surface area (Å²) in [6, 6.07) is 7.94. The first-order valence-corrected chi connectivity index (χ1v) is 7.89. The Morgan fingerprint density at radius 1 is 1.19 bits per heavy atom. The van der Waals surface area contributed by atoms with Gasteiger partial charge in [-0.05, 0) is 49.3 Å². The first kappa shape index (κ1) is 14.3. The molecule has 0 radical (unpaired) electrons. The number of nitrogens with two attached hydrogens (primary N) is 1. The summed E-state index contributed by atoms with van der Waals surface area (Å²) in [6.07, 6.45) is 5.81. The molecule has 1 heterocycles. The van der Waals surface area contributed by atoms with Crippen molar-refractivity contribution < 1.29 is 4.74 Å². The molecule has 112 valence electrons. The molecule has 3 rings (SSSR count). The Morgan fingerprint density at radius 2 is 2.05 bits per heavy atom. The molecule has 0 spiro atoms. The maximum atomic E-state index is 6.15. The summed E-state index contributed by atoms with van der Waals surface area (Å²) in [4.78, 5) is 4.47. The summed E-state index contributed by atoms with van der Waals surface area (Å²) in [7, 11) is 0. The van der Waals surface area contributed by atoms with Gasteiger partial charge >= 0.3 is 0 Å². The zero-order valence-corrected chi connectivity index (χ0v) is 12.9. The molecular weight excluding hydrogens is 260 g/mol. The lowest BCUT2D eigenvalue weighted by atomic mass is 9.80. The van der Waals surface area contributed by atoms with Gasteiger partial charge in [-0.3, -0.25) is 4.98 Å².